The van der Waals surface area contributed by atoms with Crippen molar-refractivity contribution in [3.63, 3.8) is 0 Å². The number of carbonyl (C=O) groups is 1. The second-order valence-electron chi connectivity index (χ2n) is 5.20. The van der Waals surface area contributed by atoms with E-state index in [1.807, 2.05) is 44.2 Å². The zero-order valence-corrected chi connectivity index (χ0v) is 12.6. The quantitative estimate of drug-likeness (QED) is 0.906. The van der Waals surface area contributed by atoms with Gasteiger partial charge in [0.15, 0.2) is 0 Å². The monoisotopic (exact) mass is 287 g/mol. The number of anilines is 1. The number of urea groups is 1. The Bertz CT molecular complexity index is 602. The number of benzene rings is 1. The molecule has 0 bridgehead atoms. The van der Waals surface area contributed by atoms with Crippen molar-refractivity contribution in [1.82, 2.24) is 4.90 Å². The van der Waals surface area contributed by atoms with E-state index in [-0.39, 0.29) is 12.1 Å². The van der Waals surface area contributed by atoms with Gasteiger partial charge >= 0.3 is 6.03 Å². The van der Waals surface area contributed by atoms with E-state index in [4.69, 9.17) is 10.2 Å². The van der Waals surface area contributed by atoms with Crippen molar-refractivity contribution in [2.24, 2.45) is 5.73 Å². The second kappa shape index (κ2) is 6.45. The van der Waals surface area contributed by atoms with Crippen LogP contribution >= 0.6 is 0 Å². The third kappa shape index (κ3) is 3.86. The van der Waals surface area contributed by atoms with E-state index < -0.39 is 0 Å². The average molecular weight is 287 g/mol. The molecule has 0 aliphatic carbocycles. The number of hydrogen-bond donors (Lipinski definition) is 2. The number of aryl methyl sites for hydroxylation is 1. The maximum atomic E-state index is 12.1. The van der Waals surface area contributed by atoms with Gasteiger partial charge in [-0.15, -0.1) is 0 Å². The molecule has 2 rings (SSSR count). The molecule has 1 aromatic carbocycles. The fourth-order valence-corrected chi connectivity index (χ4v) is 1.99. The summed E-state index contributed by atoms with van der Waals surface area (Å²) in [7, 11) is 1.75. The summed E-state index contributed by atoms with van der Waals surface area (Å²) in [6.07, 6.45) is 1.63. The van der Waals surface area contributed by atoms with Crippen molar-refractivity contribution < 1.29 is 9.21 Å². The minimum Gasteiger partial charge on any atom is -0.469 e. The number of amides is 2. The molecule has 1 aromatic heterocycles. The van der Waals surface area contributed by atoms with E-state index in [2.05, 4.69) is 5.32 Å². The van der Waals surface area contributed by atoms with E-state index in [1.54, 1.807) is 18.2 Å². The standard InChI is InChI=1S/C16H21N3O2/c1-11(17)13-4-6-15(7-5-13)18-16(20)19(3)10-14-8-9-21-12(14)2/h4-9,11H,10,17H2,1-3H3,(H,18,20). The molecule has 2 aromatic rings. The van der Waals surface area contributed by atoms with Gasteiger partial charge in [0.2, 0.25) is 0 Å². The first-order valence-corrected chi connectivity index (χ1v) is 6.88. The van der Waals surface area contributed by atoms with Gasteiger partial charge in [-0.25, -0.2) is 4.79 Å². The molecule has 0 saturated carbocycles. The lowest BCUT2D eigenvalue weighted by Crippen LogP contribution is -2.30. The van der Waals surface area contributed by atoms with E-state index >= 15 is 0 Å². The maximum absolute atomic E-state index is 12.1. The molecule has 1 unspecified atom stereocenters. The van der Waals surface area contributed by atoms with E-state index in [9.17, 15) is 4.79 Å². The lowest BCUT2D eigenvalue weighted by atomic mass is 10.1. The molecule has 21 heavy (non-hydrogen) atoms. The van der Waals surface area contributed by atoms with Crippen molar-refractivity contribution in [3.05, 3.63) is 53.5 Å². The summed E-state index contributed by atoms with van der Waals surface area (Å²) in [6.45, 7) is 4.31. The van der Waals surface area contributed by atoms with Crippen LogP contribution in [0, 0.1) is 6.92 Å². The van der Waals surface area contributed by atoms with Crippen molar-refractivity contribution in [1.29, 1.82) is 0 Å². The van der Waals surface area contributed by atoms with Crippen LogP contribution in [0.2, 0.25) is 0 Å². The summed E-state index contributed by atoms with van der Waals surface area (Å²) in [5, 5.41) is 2.86. The second-order valence-corrected chi connectivity index (χ2v) is 5.20. The van der Waals surface area contributed by atoms with Gasteiger partial charge in [0.05, 0.1) is 12.8 Å². The molecule has 1 atom stereocenters. The van der Waals surface area contributed by atoms with Crippen molar-refractivity contribution >= 4 is 11.7 Å². The minimum absolute atomic E-state index is 0.0125. The van der Waals surface area contributed by atoms with E-state index in [1.165, 1.54) is 0 Å². The predicted octanol–water partition coefficient (Wildman–Crippen LogP) is 3.27. The number of hydrogen-bond acceptors (Lipinski definition) is 3. The van der Waals surface area contributed by atoms with Gasteiger partial charge in [-0.1, -0.05) is 12.1 Å². The van der Waals surface area contributed by atoms with Crippen LogP contribution in [-0.4, -0.2) is 18.0 Å². The van der Waals surface area contributed by atoms with Crippen molar-refractivity contribution in [2.45, 2.75) is 26.4 Å². The Labute approximate surface area is 124 Å². The molecule has 0 saturated heterocycles. The zero-order chi connectivity index (χ0) is 15.4. The summed E-state index contributed by atoms with van der Waals surface area (Å²) in [5.41, 5.74) is 8.59. The predicted molar refractivity (Wildman–Crippen MR) is 83.0 cm³/mol. The summed E-state index contributed by atoms with van der Waals surface area (Å²) in [4.78, 5) is 13.7. The molecule has 0 spiro atoms. The number of rotatable bonds is 4. The van der Waals surface area contributed by atoms with Crippen LogP contribution in [0.1, 0.15) is 29.9 Å². The van der Waals surface area contributed by atoms with Gasteiger partial charge in [-0.05, 0) is 37.6 Å². The Morgan fingerprint density at radius 3 is 2.52 bits per heavy atom. The molecule has 3 N–H and O–H groups in total. The highest BCUT2D eigenvalue weighted by Crippen LogP contribution is 2.15. The first kappa shape index (κ1) is 15.1. The number of carbonyl (C=O) groups excluding carboxylic acids is 1. The highest BCUT2D eigenvalue weighted by molar-refractivity contribution is 5.89. The summed E-state index contributed by atoms with van der Waals surface area (Å²) < 4.78 is 5.23. The fraction of sp³-hybridized carbons (Fsp3) is 0.312. The largest absolute Gasteiger partial charge is 0.469 e. The molecule has 5 heteroatoms. The van der Waals surface area contributed by atoms with Gasteiger partial charge in [0.25, 0.3) is 0 Å². The van der Waals surface area contributed by atoms with Crippen LogP contribution < -0.4 is 11.1 Å². The highest BCUT2D eigenvalue weighted by atomic mass is 16.3. The van der Waals surface area contributed by atoms with Crippen LogP contribution in [-0.2, 0) is 6.54 Å². The van der Waals surface area contributed by atoms with Gasteiger partial charge in [0, 0.05) is 24.3 Å². The summed E-state index contributed by atoms with van der Waals surface area (Å²) >= 11 is 0. The van der Waals surface area contributed by atoms with E-state index in [0.717, 1.165) is 22.6 Å². The Hall–Kier alpha value is -2.27. The normalized spacial score (nSPS) is 12.0. The highest BCUT2D eigenvalue weighted by Gasteiger charge is 2.12. The van der Waals surface area contributed by atoms with E-state index in [0.29, 0.717) is 6.54 Å². The third-order valence-corrected chi connectivity index (χ3v) is 3.41. The summed E-state index contributed by atoms with van der Waals surface area (Å²) in [5.74, 6) is 0.830. The molecule has 112 valence electrons. The van der Waals surface area contributed by atoms with Gasteiger partial charge in [0.1, 0.15) is 5.76 Å². The van der Waals surface area contributed by atoms with Crippen LogP contribution in [0.25, 0.3) is 0 Å². The molecule has 0 radical (unpaired) electrons. The number of nitrogens with zero attached hydrogens (tertiary/aromatic N) is 1. The van der Waals surface area contributed by atoms with Crippen LogP contribution in [0.15, 0.2) is 41.0 Å². The number of nitrogens with two attached hydrogens (primary N) is 1. The number of furan rings is 1. The molecule has 0 aliphatic heterocycles. The molecule has 0 aliphatic rings. The Morgan fingerprint density at radius 2 is 2.00 bits per heavy atom. The SMILES string of the molecule is Cc1occc1CN(C)C(=O)Nc1ccc(C(C)N)cc1. The molecule has 0 fully saturated rings. The Balaban J connectivity index is 1.95. The fourth-order valence-electron chi connectivity index (χ4n) is 1.99. The summed E-state index contributed by atoms with van der Waals surface area (Å²) in [6, 6.07) is 9.24. The van der Waals surface area contributed by atoms with Gasteiger partial charge in [-0.2, -0.15) is 0 Å². The van der Waals surface area contributed by atoms with Crippen LogP contribution in [0.3, 0.4) is 0 Å². The third-order valence-electron chi connectivity index (χ3n) is 3.41. The zero-order valence-electron chi connectivity index (χ0n) is 12.6. The molecular formula is C16H21N3O2. The Morgan fingerprint density at radius 1 is 1.33 bits per heavy atom. The lowest BCUT2D eigenvalue weighted by Gasteiger charge is -2.18. The first-order valence-electron chi connectivity index (χ1n) is 6.88. The number of nitrogens with one attached hydrogen (secondary N) is 1. The van der Waals surface area contributed by atoms with Crippen LogP contribution in [0.5, 0.6) is 0 Å². The molecule has 1 heterocycles. The minimum atomic E-state index is -0.163. The van der Waals surface area contributed by atoms with Crippen LogP contribution in [0.4, 0.5) is 10.5 Å². The lowest BCUT2D eigenvalue weighted by molar-refractivity contribution is 0.220. The first-order chi connectivity index (χ1) is 9.97. The topological polar surface area (TPSA) is 71.5 Å². The van der Waals surface area contributed by atoms with Gasteiger partial charge < -0.3 is 20.4 Å². The molecule has 5 nitrogen and oxygen atoms in total. The molecular weight excluding hydrogens is 266 g/mol. The van der Waals surface area contributed by atoms with Crippen molar-refractivity contribution in [3.8, 4) is 0 Å². The maximum Gasteiger partial charge on any atom is 0.321 e. The van der Waals surface area contributed by atoms with Gasteiger partial charge in [-0.3, -0.25) is 0 Å². The Kier molecular flexibility index (Phi) is 4.65. The smallest absolute Gasteiger partial charge is 0.321 e. The molecule has 2 amide bonds. The average Bonchev–Trinajstić information content (AvgIpc) is 2.84. The van der Waals surface area contributed by atoms with Crippen molar-refractivity contribution in [2.75, 3.05) is 12.4 Å².